The zero-order valence-corrected chi connectivity index (χ0v) is 22.1. The Labute approximate surface area is 219 Å². The molecule has 2 atom stereocenters. The van der Waals surface area contributed by atoms with E-state index in [1.807, 2.05) is 24.3 Å². The third-order valence-corrected chi connectivity index (χ3v) is 6.23. The van der Waals surface area contributed by atoms with Crippen molar-refractivity contribution in [2.45, 2.75) is 51.7 Å². The van der Waals surface area contributed by atoms with Gasteiger partial charge in [0.1, 0.15) is 24.2 Å². The molecule has 2 aromatic carbocycles. The monoisotopic (exact) mass is 516 g/mol. The summed E-state index contributed by atoms with van der Waals surface area (Å²) in [4.78, 5) is 14.2. The Kier molecular flexibility index (Phi) is 12.1. The zero-order chi connectivity index (χ0) is 26.5. The number of ether oxygens (including phenoxy) is 5. The SMILES string of the molecule is CCOC(=O)c1ccc(CN2CCC(NCC(O)COc3ccc(OCOC(C)OC)cc3)CC2)cc1. The number of hydrogen-bond donors (Lipinski definition) is 2. The normalized spacial score (nSPS) is 16.2. The van der Waals surface area contributed by atoms with Crippen LogP contribution in [0, 0.1) is 0 Å². The molecule has 1 heterocycles. The van der Waals surface area contributed by atoms with E-state index in [-0.39, 0.29) is 25.7 Å². The summed E-state index contributed by atoms with van der Waals surface area (Å²) < 4.78 is 26.5. The van der Waals surface area contributed by atoms with Crippen molar-refractivity contribution in [3.05, 3.63) is 59.7 Å². The minimum atomic E-state index is -0.601. The van der Waals surface area contributed by atoms with Crippen LogP contribution in [0.5, 0.6) is 11.5 Å². The van der Waals surface area contributed by atoms with Crippen molar-refractivity contribution in [3.63, 3.8) is 0 Å². The summed E-state index contributed by atoms with van der Waals surface area (Å²) in [5, 5.41) is 13.8. The topological polar surface area (TPSA) is 98.7 Å². The number of piperidine rings is 1. The Bertz CT molecular complexity index is 915. The molecular formula is C28H40N2O7. The summed E-state index contributed by atoms with van der Waals surface area (Å²) >= 11 is 0. The fourth-order valence-electron chi connectivity index (χ4n) is 3.97. The van der Waals surface area contributed by atoms with Gasteiger partial charge >= 0.3 is 5.97 Å². The Hall–Kier alpha value is -2.69. The first-order chi connectivity index (χ1) is 18.0. The number of rotatable bonds is 15. The van der Waals surface area contributed by atoms with Gasteiger partial charge in [0, 0.05) is 26.2 Å². The maximum Gasteiger partial charge on any atom is 0.338 e. The summed E-state index contributed by atoms with van der Waals surface area (Å²) in [7, 11) is 1.57. The van der Waals surface area contributed by atoms with Crippen LogP contribution < -0.4 is 14.8 Å². The van der Waals surface area contributed by atoms with E-state index >= 15 is 0 Å². The molecule has 9 nitrogen and oxygen atoms in total. The molecule has 0 amide bonds. The van der Waals surface area contributed by atoms with E-state index in [0.717, 1.165) is 32.5 Å². The van der Waals surface area contributed by atoms with Crippen molar-refractivity contribution in [2.24, 2.45) is 0 Å². The van der Waals surface area contributed by atoms with Crippen molar-refractivity contribution in [1.82, 2.24) is 10.2 Å². The molecular weight excluding hydrogens is 476 g/mol. The van der Waals surface area contributed by atoms with Gasteiger partial charge in [-0.1, -0.05) is 12.1 Å². The Morgan fingerprint density at radius 3 is 2.32 bits per heavy atom. The van der Waals surface area contributed by atoms with E-state index in [4.69, 9.17) is 23.7 Å². The fraction of sp³-hybridized carbons (Fsp3) is 0.536. The summed E-state index contributed by atoms with van der Waals surface area (Å²) in [6, 6.07) is 15.2. The van der Waals surface area contributed by atoms with Crippen LogP contribution in [0.4, 0.5) is 0 Å². The van der Waals surface area contributed by atoms with E-state index in [1.54, 1.807) is 45.2 Å². The van der Waals surface area contributed by atoms with E-state index < -0.39 is 6.10 Å². The molecule has 1 aliphatic rings. The Morgan fingerprint density at radius 1 is 1.05 bits per heavy atom. The van der Waals surface area contributed by atoms with Crippen molar-refractivity contribution in [2.75, 3.05) is 46.8 Å². The molecule has 3 rings (SSSR count). The predicted octanol–water partition coefficient (Wildman–Crippen LogP) is 3.20. The fourth-order valence-corrected chi connectivity index (χ4v) is 3.97. The average Bonchev–Trinajstić information content (AvgIpc) is 2.92. The van der Waals surface area contributed by atoms with Crippen molar-refractivity contribution >= 4 is 5.97 Å². The highest BCUT2D eigenvalue weighted by atomic mass is 16.7. The van der Waals surface area contributed by atoms with Crippen LogP contribution in [0.25, 0.3) is 0 Å². The summed E-state index contributed by atoms with van der Waals surface area (Å²) in [5.74, 6) is 1.05. The number of nitrogens with one attached hydrogen (secondary N) is 1. The van der Waals surface area contributed by atoms with Gasteiger partial charge in [0.25, 0.3) is 0 Å². The molecule has 0 aliphatic carbocycles. The first kappa shape index (κ1) is 28.9. The van der Waals surface area contributed by atoms with Gasteiger partial charge in [-0.2, -0.15) is 0 Å². The lowest BCUT2D eigenvalue weighted by Crippen LogP contribution is -2.45. The maximum absolute atomic E-state index is 11.8. The van der Waals surface area contributed by atoms with E-state index in [9.17, 15) is 9.90 Å². The number of benzene rings is 2. The number of carbonyl (C=O) groups excluding carboxylic acids is 1. The molecule has 0 radical (unpaired) electrons. The highest BCUT2D eigenvalue weighted by Gasteiger charge is 2.20. The molecule has 0 saturated carbocycles. The second-order valence-corrected chi connectivity index (χ2v) is 9.04. The van der Waals surface area contributed by atoms with Gasteiger partial charge in [-0.15, -0.1) is 0 Å². The molecule has 204 valence electrons. The van der Waals surface area contributed by atoms with Crippen LogP contribution in [0.15, 0.2) is 48.5 Å². The Morgan fingerprint density at radius 2 is 1.70 bits per heavy atom. The van der Waals surface area contributed by atoms with Gasteiger partial charge in [0.15, 0.2) is 13.1 Å². The number of carbonyl (C=O) groups is 1. The second kappa shape index (κ2) is 15.5. The summed E-state index contributed by atoms with van der Waals surface area (Å²) in [6.45, 7) is 7.59. The van der Waals surface area contributed by atoms with Gasteiger partial charge in [0.05, 0.1) is 12.2 Å². The number of esters is 1. The smallest absolute Gasteiger partial charge is 0.338 e. The van der Waals surface area contributed by atoms with Gasteiger partial charge in [-0.05, 0) is 81.7 Å². The van der Waals surface area contributed by atoms with Gasteiger partial charge < -0.3 is 34.1 Å². The third-order valence-electron chi connectivity index (χ3n) is 6.23. The molecule has 1 fully saturated rings. The van der Waals surface area contributed by atoms with E-state index in [1.165, 1.54) is 5.56 Å². The summed E-state index contributed by atoms with van der Waals surface area (Å²) in [5.41, 5.74) is 1.77. The molecule has 1 saturated heterocycles. The molecule has 2 aromatic rings. The number of nitrogens with zero attached hydrogens (tertiary/aromatic N) is 1. The highest BCUT2D eigenvalue weighted by Crippen LogP contribution is 2.18. The van der Waals surface area contributed by atoms with E-state index in [2.05, 4.69) is 10.2 Å². The predicted molar refractivity (Wildman–Crippen MR) is 140 cm³/mol. The molecule has 1 aliphatic heterocycles. The van der Waals surface area contributed by atoms with Crippen LogP contribution >= 0.6 is 0 Å². The molecule has 0 aromatic heterocycles. The lowest BCUT2D eigenvalue weighted by atomic mass is 10.0. The van der Waals surface area contributed by atoms with Crippen LogP contribution in [-0.4, -0.2) is 81.2 Å². The molecule has 37 heavy (non-hydrogen) atoms. The van der Waals surface area contributed by atoms with Crippen molar-refractivity contribution in [1.29, 1.82) is 0 Å². The number of aliphatic hydroxyl groups is 1. The number of likely N-dealkylation sites (tertiary alicyclic amines) is 1. The van der Waals surface area contributed by atoms with Crippen molar-refractivity contribution < 1.29 is 33.6 Å². The van der Waals surface area contributed by atoms with Crippen LogP contribution in [0.2, 0.25) is 0 Å². The van der Waals surface area contributed by atoms with Crippen LogP contribution in [-0.2, 0) is 20.8 Å². The van der Waals surface area contributed by atoms with Gasteiger partial charge in [-0.25, -0.2) is 4.79 Å². The number of methoxy groups -OCH3 is 1. The lowest BCUT2D eigenvalue weighted by Gasteiger charge is -2.33. The average molecular weight is 517 g/mol. The molecule has 0 spiro atoms. The minimum absolute atomic E-state index is 0.0999. The first-order valence-electron chi connectivity index (χ1n) is 12.9. The molecule has 2 N–H and O–H groups in total. The second-order valence-electron chi connectivity index (χ2n) is 9.04. The lowest BCUT2D eigenvalue weighted by molar-refractivity contribution is -0.149. The van der Waals surface area contributed by atoms with Crippen LogP contribution in [0.3, 0.4) is 0 Å². The van der Waals surface area contributed by atoms with Crippen LogP contribution in [0.1, 0.15) is 42.6 Å². The minimum Gasteiger partial charge on any atom is -0.491 e. The standard InChI is InChI=1S/C28H40N2O7/c1-4-34-28(32)23-7-5-22(6-8-23)18-30-15-13-24(14-16-30)29-17-25(31)19-35-26-9-11-27(12-10-26)37-20-36-21(2)33-3/h5-12,21,24-25,29,31H,4,13-20H2,1-3H3. The van der Waals surface area contributed by atoms with E-state index in [0.29, 0.717) is 36.3 Å². The third kappa shape index (κ3) is 10.3. The van der Waals surface area contributed by atoms with Crippen molar-refractivity contribution in [3.8, 4) is 11.5 Å². The highest BCUT2D eigenvalue weighted by molar-refractivity contribution is 5.89. The number of hydrogen-bond acceptors (Lipinski definition) is 9. The summed E-state index contributed by atoms with van der Waals surface area (Å²) in [6.07, 6.45) is 1.11. The molecule has 9 heteroatoms. The zero-order valence-electron chi connectivity index (χ0n) is 22.1. The quantitative estimate of drug-likeness (QED) is 0.273. The first-order valence-corrected chi connectivity index (χ1v) is 12.9. The largest absolute Gasteiger partial charge is 0.491 e. The van der Waals surface area contributed by atoms with Gasteiger partial charge in [0.2, 0.25) is 0 Å². The van der Waals surface area contributed by atoms with Gasteiger partial charge in [-0.3, -0.25) is 4.90 Å². The Balaban J connectivity index is 1.28. The molecule has 2 unspecified atom stereocenters. The number of aliphatic hydroxyl groups excluding tert-OH is 1. The maximum atomic E-state index is 11.8. The molecule has 0 bridgehead atoms.